The van der Waals surface area contributed by atoms with Crippen LogP contribution < -0.4 is 5.32 Å². The standard InChI is InChI=1S/C11H19N5O/c1-3-4-9-13-10(15-14-9)11(17)16-6-5-12-7-8(16)2/h8,12H,3-7H2,1-2H3,(H,13,14,15). The van der Waals surface area contributed by atoms with Gasteiger partial charge in [-0.1, -0.05) is 6.92 Å². The van der Waals surface area contributed by atoms with Crippen LogP contribution >= 0.6 is 0 Å². The minimum atomic E-state index is -0.0717. The smallest absolute Gasteiger partial charge is 0.293 e. The maximum atomic E-state index is 12.2. The zero-order valence-electron chi connectivity index (χ0n) is 10.4. The van der Waals surface area contributed by atoms with Crippen LogP contribution in [0.2, 0.25) is 0 Å². The molecule has 94 valence electrons. The molecule has 2 heterocycles. The van der Waals surface area contributed by atoms with E-state index in [9.17, 15) is 4.79 Å². The van der Waals surface area contributed by atoms with E-state index in [1.807, 2.05) is 11.8 Å². The molecule has 0 spiro atoms. The van der Waals surface area contributed by atoms with E-state index in [1.54, 1.807) is 0 Å². The minimum Gasteiger partial charge on any atom is -0.331 e. The quantitative estimate of drug-likeness (QED) is 0.787. The van der Waals surface area contributed by atoms with Crippen molar-refractivity contribution in [3.63, 3.8) is 0 Å². The van der Waals surface area contributed by atoms with Crippen LogP contribution in [-0.4, -0.2) is 51.7 Å². The third kappa shape index (κ3) is 2.63. The molecular weight excluding hydrogens is 218 g/mol. The Morgan fingerprint density at radius 3 is 3.12 bits per heavy atom. The average molecular weight is 237 g/mol. The van der Waals surface area contributed by atoms with Crippen molar-refractivity contribution in [1.29, 1.82) is 0 Å². The van der Waals surface area contributed by atoms with Crippen LogP contribution in [0.25, 0.3) is 0 Å². The van der Waals surface area contributed by atoms with Crippen molar-refractivity contribution in [3.05, 3.63) is 11.6 Å². The van der Waals surface area contributed by atoms with Crippen LogP contribution in [-0.2, 0) is 6.42 Å². The Morgan fingerprint density at radius 2 is 2.41 bits per heavy atom. The molecule has 1 aromatic rings. The fraction of sp³-hybridized carbons (Fsp3) is 0.727. The number of nitrogens with one attached hydrogen (secondary N) is 2. The van der Waals surface area contributed by atoms with E-state index in [2.05, 4.69) is 27.4 Å². The molecule has 1 saturated heterocycles. The third-order valence-corrected chi connectivity index (χ3v) is 2.97. The topological polar surface area (TPSA) is 73.9 Å². The van der Waals surface area contributed by atoms with Gasteiger partial charge in [-0.2, -0.15) is 0 Å². The number of hydrogen-bond donors (Lipinski definition) is 2. The van der Waals surface area contributed by atoms with Gasteiger partial charge in [0.1, 0.15) is 5.82 Å². The number of amides is 1. The molecule has 1 aliphatic rings. The van der Waals surface area contributed by atoms with E-state index >= 15 is 0 Å². The van der Waals surface area contributed by atoms with Crippen molar-refractivity contribution in [1.82, 2.24) is 25.4 Å². The molecule has 2 rings (SSSR count). The van der Waals surface area contributed by atoms with Gasteiger partial charge in [0, 0.05) is 32.1 Å². The second kappa shape index (κ2) is 5.27. The Balaban J connectivity index is 2.07. The molecule has 0 saturated carbocycles. The number of rotatable bonds is 3. The van der Waals surface area contributed by atoms with Gasteiger partial charge in [0.05, 0.1) is 0 Å². The molecule has 0 bridgehead atoms. The number of carbonyl (C=O) groups excluding carboxylic acids is 1. The summed E-state index contributed by atoms with van der Waals surface area (Å²) in [7, 11) is 0. The Hall–Kier alpha value is -1.43. The van der Waals surface area contributed by atoms with Gasteiger partial charge in [-0.3, -0.25) is 9.89 Å². The molecule has 1 aliphatic heterocycles. The normalized spacial score (nSPS) is 20.6. The molecule has 2 N–H and O–H groups in total. The van der Waals surface area contributed by atoms with E-state index in [-0.39, 0.29) is 11.9 Å². The first-order valence-electron chi connectivity index (χ1n) is 6.15. The summed E-state index contributed by atoms with van der Waals surface area (Å²) in [5, 5.41) is 10.1. The van der Waals surface area contributed by atoms with Gasteiger partial charge < -0.3 is 10.2 Å². The molecule has 1 unspecified atom stereocenters. The van der Waals surface area contributed by atoms with Crippen molar-refractivity contribution in [3.8, 4) is 0 Å². The van der Waals surface area contributed by atoms with Gasteiger partial charge >= 0.3 is 0 Å². The van der Waals surface area contributed by atoms with E-state index in [4.69, 9.17) is 0 Å². The van der Waals surface area contributed by atoms with Gasteiger partial charge in [-0.15, -0.1) is 5.10 Å². The third-order valence-electron chi connectivity index (χ3n) is 2.97. The van der Waals surface area contributed by atoms with E-state index in [0.29, 0.717) is 5.82 Å². The first kappa shape index (κ1) is 12.0. The molecule has 1 atom stereocenters. The lowest BCUT2D eigenvalue weighted by Crippen LogP contribution is -2.52. The van der Waals surface area contributed by atoms with E-state index in [1.165, 1.54) is 0 Å². The lowest BCUT2D eigenvalue weighted by atomic mass is 10.2. The number of nitrogens with zero attached hydrogens (tertiary/aromatic N) is 3. The van der Waals surface area contributed by atoms with Crippen LogP contribution in [0.1, 0.15) is 36.7 Å². The highest BCUT2D eigenvalue weighted by molar-refractivity contribution is 5.90. The predicted molar refractivity (Wildman–Crippen MR) is 63.7 cm³/mol. The summed E-state index contributed by atoms with van der Waals surface area (Å²) in [4.78, 5) is 18.2. The van der Waals surface area contributed by atoms with Gasteiger partial charge in [0.15, 0.2) is 0 Å². The Kier molecular flexibility index (Phi) is 3.73. The lowest BCUT2D eigenvalue weighted by molar-refractivity contribution is 0.0643. The number of H-pyrrole nitrogens is 1. The average Bonchev–Trinajstić information content (AvgIpc) is 2.78. The minimum absolute atomic E-state index is 0.0717. The van der Waals surface area contributed by atoms with Gasteiger partial charge in [-0.25, -0.2) is 4.98 Å². The highest BCUT2D eigenvalue weighted by Crippen LogP contribution is 2.07. The number of hydrogen-bond acceptors (Lipinski definition) is 4. The number of piperazine rings is 1. The molecule has 6 nitrogen and oxygen atoms in total. The molecule has 0 aliphatic carbocycles. The maximum absolute atomic E-state index is 12.2. The molecule has 1 fully saturated rings. The zero-order valence-corrected chi connectivity index (χ0v) is 10.4. The van der Waals surface area contributed by atoms with Gasteiger partial charge in [0.25, 0.3) is 5.91 Å². The first-order chi connectivity index (χ1) is 8.22. The van der Waals surface area contributed by atoms with Crippen molar-refractivity contribution < 1.29 is 4.79 Å². The number of aryl methyl sites for hydroxylation is 1. The number of aromatic nitrogens is 3. The summed E-state index contributed by atoms with van der Waals surface area (Å²) in [5.41, 5.74) is 0. The largest absolute Gasteiger partial charge is 0.331 e. The molecule has 1 aromatic heterocycles. The molecule has 0 aromatic carbocycles. The van der Waals surface area contributed by atoms with Gasteiger partial charge in [0.2, 0.25) is 5.82 Å². The second-order valence-corrected chi connectivity index (χ2v) is 4.41. The van der Waals surface area contributed by atoms with Crippen LogP contribution in [0.15, 0.2) is 0 Å². The van der Waals surface area contributed by atoms with Crippen LogP contribution in [0.4, 0.5) is 0 Å². The predicted octanol–water partition coefficient (Wildman–Crippen LogP) is 0.191. The highest BCUT2D eigenvalue weighted by atomic mass is 16.2. The fourth-order valence-electron chi connectivity index (χ4n) is 2.01. The van der Waals surface area contributed by atoms with Crippen LogP contribution in [0, 0.1) is 0 Å². The molecule has 0 radical (unpaired) electrons. The van der Waals surface area contributed by atoms with Crippen molar-refractivity contribution >= 4 is 5.91 Å². The van der Waals surface area contributed by atoms with Crippen LogP contribution in [0.5, 0.6) is 0 Å². The van der Waals surface area contributed by atoms with E-state index in [0.717, 1.165) is 38.3 Å². The Morgan fingerprint density at radius 1 is 1.59 bits per heavy atom. The number of carbonyl (C=O) groups is 1. The fourth-order valence-corrected chi connectivity index (χ4v) is 2.01. The lowest BCUT2D eigenvalue weighted by Gasteiger charge is -2.33. The Labute approximate surface area is 101 Å². The SMILES string of the molecule is CCCc1nc(C(=O)N2CCNCC2C)n[nH]1. The van der Waals surface area contributed by atoms with Crippen molar-refractivity contribution in [2.24, 2.45) is 0 Å². The van der Waals surface area contributed by atoms with E-state index < -0.39 is 0 Å². The molecule has 1 amide bonds. The molecule has 6 heteroatoms. The zero-order chi connectivity index (χ0) is 12.3. The second-order valence-electron chi connectivity index (χ2n) is 4.41. The maximum Gasteiger partial charge on any atom is 0.293 e. The summed E-state index contributed by atoms with van der Waals surface area (Å²) in [6.45, 7) is 6.49. The summed E-state index contributed by atoms with van der Waals surface area (Å²) >= 11 is 0. The number of aromatic amines is 1. The van der Waals surface area contributed by atoms with Crippen molar-refractivity contribution in [2.45, 2.75) is 32.7 Å². The molecular formula is C11H19N5O. The van der Waals surface area contributed by atoms with Crippen LogP contribution in [0.3, 0.4) is 0 Å². The summed E-state index contributed by atoms with van der Waals surface area (Å²) < 4.78 is 0. The highest BCUT2D eigenvalue weighted by Gasteiger charge is 2.26. The summed E-state index contributed by atoms with van der Waals surface area (Å²) in [6, 6.07) is 0.198. The van der Waals surface area contributed by atoms with Crippen molar-refractivity contribution in [2.75, 3.05) is 19.6 Å². The molecule has 17 heavy (non-hydrogen) atoms. The monoisotopic (exact) mass is 237 g/mol. The Bertz CT molecular complexity index is 389. The summed E-state index contributed by atoms with van der Waals surface area (Å²) in [5.74, 6) is 1.01. The first-order valence-corrected chi connectivity index (χ1v) is 6.15. The summed E-state index contributed by atoms with van der Waals surface area (Å²) in [6.07, 6.45) is 1.82. The van der Waals surface area contributed by atoms with Gasteiger partial charge in [-0.05, 0) is 13.3 Å².